The minimum Gasteiger partial charge on any atom is -1.00 e. The fourth-order valence-electron chi connectivity index (χ4n) is 9.07. The van der Waals surface area contributed by atoms with Crippen LogP contribution in [0, 0.1) is 0 Å². The summed E-state index contributed by atoms with van der Waals surface area (Å²) in [6.07, 6.45) is -12.4. The van der Waals surface area contributed by atoms with Crippen molar-refractivity contribution >= 4 is 68.4 Å². The molecule has 52 heteroatoms. The Balaban J connectivity index is 0. The van der Waals surface area contributed by atoms with Gasteiger partial charge >= 0.3 is 53.4 Å². The number of aromatic amines is 6. The molecule has 0 aromatic carbocycles. The number of ether oxygens (including phenoxy) is 4. The van der Waals surface area contributed by atoms with Crippen molar-refractivity contribution in [2.45, 2.75) is 98.2 Å². The molecule has 4 saturated heterocycles. The Bertz CT molecular complexity index is 3390. The molecule has 12 rings (SSSR count). The van der Waals surface area contributed by atoms with Crippen molar-refractivity contribution in [2.24, 2.45) is 22.9 Å². The number of nitrogens with zero attached hydrogens (tertiary/aromatic N) is 10. The number of fused-ring (bicyclic) bond motifs is 4. The smallest absolute Gasteiger partial charge is 1.00 e. The van der Waals surface area contributed by atoms with E-state index in [0.29, 0.717) is 26.2 Å². The monoisotopic (exact) mass is 1910 g/mol. The van der Waals surface area contributed by atoms with Crippen molar-refractivity contribution in [3.8, 4) is 0 Å². The molecule has 0 aliphatic carbocycles. The first-order valence-electron chi connectivity index (χ1n) is 26.2. The predicted octanol–water partition coefficient (Wildman–Crippen LogP) is -27.7. The van der Waals surface area contributed by atoms with Gasteiger partial charge in [0.1, 0.15) is 73.2 Å². The SMILES string of the molecule is NCCN.NCCN.Nc1nc2c([nH]c[n+]2C2OC(CO)C(O)C2O)c(=O)[nH]1.Nc1nc2c([nH]c[n+]2C2OC(CO)C(O)C2O)c(=O)[nH]1.Nc1nc2c(ncn2C2OC(CO)C(O)C2O)c(=O)[nH]1.Nc1nc2c(ncn2C2OC(CO)C(O)C2O)c(=O)[nH]1.O.O.[Cl-].[Cl-].[Cl-].[I-].[Pt+2].[Pt+2]. The number of H-pyrrole nitrogens is 6. The molecule has 46 nitrogen and oxygen atoms in total. The van der Waals surface area contributed by atoms with Gasteiger partial charge in [0.15, 0.2) is 47.4 Å². The van der Waals surface area contributed by atoms with Gasteiger partial charge in [-0.1, -0.05) is 9.97 Å². The van der Waals surface area contributed by atoms with Gasteiger partial charge in [0.2, 0.25) is 35.4 Å². The van der Waals surface area contributed by atoms with E-state index in [-0.39, 0.29) is 183 Å². The number of anilines is 4. The molecule has 4 aliphatic heterocycles. The fraction of sp³-hybridized carbons (Fsp3) is 0.545. The zero-order chi connectivity index (χ0) is 64.6. The summed E-state index contributed by atoms with van der Waals surface area (Å²) in [6, 6.07) is 0. The Labute approximate surface area is 600 Å². The quantitative estimate of drug-likeness (QED) is 0.0447. The third kappa shape index (κ3) is 20.0. The molecule has 0 bridgehead atoms. The van der Waals surface area contributed by atoms with Crippen LogP contribution < -0.4 is 138 Å². The Morgan fingerprint density at radius 1 is 0.438 bits per heavy atom. The molecule has 4 fully saturated rings. The molecule has 16 atom stereocenters. The molecular weight excluding hydrogens is 1840 g/mol. The molecule has 12 heterocycles. The van der Waals surface area contributed by atoms with Crippen LogP contribution in [-0.4, -0.2) is 267 Å². The van der Waals surface area contributed by atoms with Crippen LogP contribution in [-0.2, 0) is 61.1 Å². The van der Waals surface area contributed by atoms with Crippen molar-refractivity contribution in [3.05, 3.63) is 66.7 Å². The minimum absolute atomic E-state index is 0. The maximum Gasteiger partial charge on any atom is 2.00 e. The summed E-state index contributed by atoms with van der Waals surface area (Å²) in [5.41, 5.74) is 40.6. The normalized spacial score (nSPS) is 25.8. The van der Waals surface area contributed by atoms with Crippen LogP contribution in [0.2, 0.25) is 0 Å². The predicted molar refractivity (Wildman–Crippen MR) is 303 cm³/mol. The van der Waals surface area contributed by atoms with Crippen molar-refractivity contribution in [1.29, 1.82) is 0 Å². The third-order valence-corrected chi connectivity index (χ3v) is 13.4. The number of nitrogens with two attached hydrogens (primary N) is 8. The van der Waals surface area contributed by atoms with E-state index in [1.54, 1.807) is 0 Å². The summed E-state index contributed by atoms with van der Waals surface area (Å²) in [5, 5.41) is 115. The largest absolute Gasteiger partial charge is 2.00 e. The van der Waals surface area contributed by atoms with E-state index in [1.807, 2.05) is 0 Å². The summed E-state index contributed by atoms with van der Waals surface area (Å²) in [4.78, 5) is 84.9. The van der Waals surface area contributed by atoms with Gasteiger partial charge in [0.05, 0.1) is 39.1 Å². The summed E-state index contributed by atoms with van der Waals surface area (Å²) in [5.74, 6) is -0.364. The standard InChI is InChI=1S/4C10H13N5O5.2C2H8N2.3ClH.HI.2H2O.2Pt/c4*11-10-13-7-4(8(19)14-10)12-2-15(7)9-6(18)5(17)3(1-16)20-9;2*3-1-2-4;;;;;;;;/h4*2-3,5-6,9,16-18H,1H2,(H3,11,13,14,19);2*1-4H2;4*1H;2*1H2;;/q;;;;;;;;;;;;2*+2/p-2. The number of aromatic nitrogens is 16. The number of aliphatic hydroxyl groups excluding tert-OH is 12. The Hall–Kier alpha value is -5.30. The number of hydrogen-bond donors (Lipinski definition) is 26. The third-order valence-electron chi connectivity index (χ3n) is 13.4. The van der Waals surface area contributed by atoms with E-state index in [1.165, 1.54) is 43.6 Å². The van der Waals surface area contributed by atoms with E-state index in [0.717, 1.165) is 0 Å². The summed E-state index contributed by atoms with van der Waals surface area (Å²) >= 11 is 0. The van der Waals surface area contributed by atoms with E-state index in [9.17, 15) is 60.0 Å². The number of halogens is 4. The molecule has 8 aromatic heterocycles. The Morgan fingerprint density at radius 3 is 0.979 bits per heavy atom. The van der Waals surface area contributed by atoms with Crippen LogP contribution in [0.25, 0.3) is 44.7 Å². The zero-order valence-electron chi connectivity index (χ0n) is 49.1. The van der Waals surface area contributed by atoms with Gasteiger partial charge in [0.25, 0.3) is 34.1 Å². The summed E-state index contributed by atoms with van der Waals surface area (Å²) in [6.45, 7) is 0.622. The molecule has 38 N–H and O–H groups in total. The molecule has 0 spiro atoms. The molecule has 8 aromatic rings. The fourth-order valence-corrected chi connectivity index (χ4v) is 9.07. The first-order chi connectivity index (χ1) is 41.9. The maximum absolute atomic E-state index is 11.7. The van der Waals surface area contributed by atoms with Gasteiger partial charge in [-0.15, -0.1) is 0 Å². The zero-order valence-corrected chi connectivity index (χ0v) is 58.0. The number of hydrogen-bond acceptors (Lipinski definition) is 34. The van der Waals surface area contributed by atoms with Crippen molar-refractivity contribution in [1.82, 2.24) is 68.9 Å². The van der Waals surface area contributed by atoms with Crippen molar-refractivity contribution in [2.75, 3.05) is 75.5 Å². The van der Waals surface area contributed by atoms with Crippen molar-refractivity contribution in [3.63, 3.8) is 0 Å². The Kier molecular flexibility index (Phi) is 39.9. The van der Waals surface area contributed by atoms with Crippen LogP contribution in [0.15, 0.2) is 44.5 Å². The maximum atomic E-state index is 11.7. The van der Waals surface area contributed by atoms with Gasteiger partial charge in [-0.25, -0.2) is 19.1 Å². The molecular formula is C44H74Cl3IN24O22Pt2+2. The van der Waals surface area contributed by atoms with Crippen molar-refractivity contribution < 1.29 is 204 Å². The average Bonchev–Trinajstić information content (AvgIpc) is 1.64. The van der Waals surface area contributed by atoms with Gasteiger partial charge in [-0.2, -0.15) is 9.97 Å². The van der Waals surface area contributed by atoms with Crippen LogP contribution in [0.3, 0.4) is 0 Å². The van der Waals surface area contributed by atoms with Gasteiger partial charge in [-0.3, -0.25) is 58.2 Å². The topological polar surface area (TPSA) is 809 Å². The number of nitrogen functional groups attached to an aromatic ring is 4. The second kappa shape index (κ2) is 41.3. The first kappa shape index (κ1) is 92.8. The van der Waals surface area contributed by atoms with Crippen LogP contribution >= 0.6 is 0 Å². The Morgan fingerprint density at radius 2 is 0.708 bits per heavy atom. The number of rotatable bonds is 10. The molecule has 0 saturated carbocycles. The van der Waals surface area contributed by atoms with Gasteiger partial charge in [0, 0.05) is 26.2 Å². The van der Waals surface area contributed by atoms with Crippen LogP contribution in [0.5, 0.6) is 0 Å². The van der Waals surface area contributed by atoms with Crippen LogP contribution in [0.1, 0.15) is 24.9 Å². The molecule has 0 radical (unpaired) electrons. The van der Waals surface area contributed by atoms with E-state index in [2.05, 4.69) is 59.8 Å². The number of imidazole rings is 4. The number of aliphatic hydroxyl groups is 12. The van der Waals surface area contributed by atoms with Gasteiger partial charge < -0.3 is 198 Å². The van der Waals surface area contributed by atoms with Gasteiger partial charge in [-0.05, 0) is 0 Å². The molecule has 4 aliphatic rings. The van der Waals surface area contributed by atoms with E-state index in [4.69, 9.17) is 85.2 Å². The first-order valence-corrected chi connectivity index (χ1v) is 26.2. The minimum atomic E-state index is -1.29. The second-order valence-corrected chi connectivity index (χ2v) is 19.3. The summed E-state index contributed by atoms with van der Waals surface area (Å²) < 4.78 is 26.7. The molecule has 548 valence electrons. The second-order valence-electron chi connectivity index (χ2n) is 19.3. The molecule has 16 unspecified atom stereocenters. The van der Waals surface area contributed by atoms with Crippen LogP contribution in [0.4, 0.5) is 23.8 Å². The van der Waals surface area contributed by atoms with E-state index < -0.39 is 147 Å². The molecule has 0 amide bonds. The van der Waals surface area contributed by atoms with E-state index >= 15 is 0 Å². The summed E-state index contributed by atoms with van der Waals surface area (Å²) in [7, 11) is 0. The average molecular weight is 1910 g/mol. The molecule has 96 heavy (non-hydrogen) atoms. The number of nitrogens with one attached hydrogen (secondary N) is 6.